The normalized spacial score (nSPS) is 16.0. The molecule has 0 amide bonds. The SMILES string of the molecule is CC(C)[C@H](Nc1ncnc2sc3c(c12)CCCC3)C(=O)[O-]. The van der Waals surface area contributed by atoms with Gasteiger partial charge in [0.25, 0.3) is 0 Å². The molecule has 2 aromatic heterocycles. The van der Waals surface area contributed by atoms with Crippen molar-refractivity contribution in [3.05, 3.63) is 16.8 Å². The fraction of sp³-hybridized carbons (Fsp3) is 0.533. The van der Waals surface area contributed by atoms with Crippen LogP contribution in [0.4, 0.5) is 5.82 Å². The molecule has 3 rings (SSSR count). The molecule has 0 saturated carbocycles. The van der Waals surface area contributed by atoms with Crippen molar-refractivity contribution in [3.8, 4) is 0 Å². The van der Waals surface area contributed by atoms with E-state index in [1.165, 1.54) is 29.6 Å². The summed E-state index contributed by atoms with van der Waals surface area (Å²) in [5, 5.41) is 15.3. The number of aliphatic carboxylic acids is 1. The molecule has 2 heterocycles. The van der Waals surface area contributed by atoms with Gasteiger partial charge in [0.2, 0.25) is 0 Å². The van der Waals surface area contributed by atoms with E-state index in [0.29, 0.717) is 5.82 Å². The van der Waals surface area contributed by atoms with E-state index in [2.05, 4.69) is 15.3 Å². The fourth-order valence-corrected chi connectivity index (χ4v) is 4.07. The van der Waals surface area contributed by atoms with Gasteiger partial charge in [0.1, 0.15) is 17.0 Å². The molecule has 0 unspecified atom stereocenters. The second-order valence-corrected chi connectivity index (χ2v) is 6.88. The number of hydrogen-bond acceptors (Lipinski definition) is 6. The average molecular weight is 304 g/mol. The molecule has 0 spiro atoms. The molecule has 112 valence electrons. The predicted octanol–water partition coefficient (Wildman–Crippen LogP) is 1.76. The Morgan fingerprint density at radius 2 is 2.10 bits per heavy atom. The topological polar surface area (TPSA) is 77.9 Å². The molecular weight excluding hydrogens is 286 g/mol. The van der Waals surface area contributed by atoms with Crippen LogP contribution in [0.3, 0.4) is 0 Å². The van der Waals surface area contributed by atoms with Crippen LogP contribution >= 0.6 is 11.3 Å². The second kappa shape index (κ2) is 5.60. The third-order valence-corrected chi connectivity index (χ3v) is 5.16. The van der Waals surface area contributed by atoms with Gasteiger partial charge in [-0.1, -0.05) is 13.8 Å². The number of aromatic nitrogens is 2. The van der Waals surface area contributed by atoms with E-state index in [9.17, 15) is 9.90 Å². The number of rotatable bonds is 4. The number of fused-ring (bicyclic) bond motifs is 3. The van der Waals surface area contributed by atoms with E-state index in [4.69, 9.17) is 0 Å². The molecule has 1 N–H and O–H groups in total. The van der Waals surface area contributed by atoms with Crippen LogP contribution in [0.2, 0.25) is 0 Å². The number of aryl methyl sites for hydroxylation is 2. The maximum Gasteiger partial charge on any atom is 0.138 e. The summed E-state index contributed by atoms with van der Waals surface area (Å²) in [4.78, 5) is 22.2. The summed E-state index contributed by atoms with van der Waals surface area (Å²) in [5.74, 6) is -0.544. The second-order valence-electron chi connectivity index (χ2n) is 5.80. The lowest BCUT2D eigenvalue weighted by Gasteiger charge is -2.24. The van der Waals surface area contributed by atoms with Crippen molar-refractivity contribution in [2.45, 2.75) is 45.6 Å². The summed E-state index contributed by atoms with van der Waals surface area (Å²) in [7, 11) is 0. The van der Waals surface area contributed by atoms with Crippen LogP contribution in [0.1, 0.15) is 37.1 Å². The number of nitrogens with zero attached hydrogens (tertiary/aromatic N) is 2. The minimum Gasteiger partial charge on any atom is -0.548 e. The van der Waals surface area contributed by atoms with Gasteiger partial charge in [-0.05, 0) is 37.2 Å². The largest absolute Gasteiger partial charge is 0.548 e. The van der Waals surface area contributed by atoms with Crippen LogP contribution in [0.25, 0.3) is 10.2 Å². The van der Waals surface area contributed by atoms with Crippen LogP contribution in [-0.4, -0.2) is 22.0 Å². The fourth-order valence-electron chi connectivity index (χ4n) is 2.84. The zero-order chi connectivity index (χ0) is 15.0. The van der Waals surface area contributed by atoms with Gasteiger partial charge in [0, 0.05) is 4.88 Å². The molecule has 2 aromatic rings. The number of carbonyl (C=O) groups excluding carboxylic acids is 1. The van der Waals surface area contributed by atoms with Crippen molar-refractivity contribution in [3.63, 3.8) is 0 Å². The van der Waals surface area contributed by atoms with Crippen molar-refractivity contribution in [2.75, 3.05) is 5.32 Å². The summed E-state index contributed by atoms with van der Waals surface area (Å²) in [6, 6.07) is -0.748. The smallest absolute Gasteiger partial charge is 0.138 e. The summed E-state index contributed by atoms with van der Waals surface area (Å²) < 4.78 is 0. The van der Waals surface area contributed by atoms with Crippen molar-refractivity contribution >= 4 is 33.3 Å². The molecule has 21 heavy (non-hydrogen) atoms. The van der Waals surface area contributed by atoms with Crippen molar-refractivity contribution in [1.29, 1.82) is 0 Å². The maximum atomic E-state index is 11.3. The van der Waals surface area contributed by atoms with E-state index >= 15 is 0 Å². The van der Waals surface area contributed by atoms with E-state index < -0.39 is 12.0 Å². The lowest BCUT2D eigenvalue weighted by molar-refractivity contribution is -0.307. The Morgan fingerprint density at radius 1 is 1.33 bits per heavy atom. The molecule has 6 heteroatoms. The lowest BCUT2D eigenvalue weighted by atomic mass is 9.96. The van der Waals surface area contributed by atoms with Gasteiger partial charge < -0.3 is 15.2 Å². The first-order valence-electron chi connectivity index (χ1n) is 7.30. The molecule has 0 aliphatic heterocycles. The number of anilines is 1. The highest BCUT2D eigenvalue weighted by Gasteiger charge is 2.22. The summed E-state index contributed by atoms with van der Waals surface area (Å²) in [6.07, 6.45) is 5.99. The van der Waals surface area contributed by atoms with Gasteiger partial charge in [-0.3, -0.25) is 0 Å². The zero-order valence-electron chi connectivity index (χ0n) is 12.2. The number of hydrogen-bond donors (Lipinski definition) is 1. The van der Waals surface area contributed by atoms with Gasteiger partial charge in [0.15, 0.2) is 0 Å². The van der Waals surface area contributed by atoms with E-state index in [1.54, 1.807) is 11.3 Å². The standard InChI is InChI=1S/C15H19N3O2S/c1-8(2)12(15(19)20)18-13-11-9-5-3-4-6-10(9)21-14(11)17-7-16-13/h7-8,12H,3-6H2,1-2H3,(H,19,20)(H,16,17,18)/p-1/t12-/m0/s1. The Kier molecular flexibility index (Phi) is 3.80. The van der Waals surface area contributed by atoms with Crippen molar-refractivity contribution in [2.24, 2.45) is 5.92 Å². The van der Waals surface area contributed by atoms with Gasteiger partial charge in [0.05, 0.1) is 17.4 Å². The van der Waals surface area contributed by atoms with Gasteiger partial charge >= 0.3 is 0 Å². The lowest BCUT2D eigenvalue weighted by Crippen LogP contribution is -2.44. The van der Waals surface area contributed by atoms with Crippen LogP contribution < -0.4 is 10.4 Å². The Bertz CT molecular complexity index is 681. The Hall–Kier alpha value is -1.69. The monoisotopic (exact) mass is 304 g/mol. The van der Waals surface area contributed by atoms with Crippen molar-refractivity contribution < 1.29 is 9.90 Å². The third kappa shape index (κ3) is 2.60. The quantitative estimate of drug-likeness (QED) is 0.931. The Balaban J connectivity index is 2.06. The van der Waals surface area contributed by atoms with Gasteiger partial charge in [-0.15, -0.1) is 11.3 Å². The molecule has 1 aliphatic rings. The zero-order valence-corrected chi connectivity index (χ0v) is 13.0. The van der Waals surface area contributed by atoms with Crippen LogP contribution in [0, 0.1) is 5.92 Å². The molecule has 0 aromatic carbocycles. The van der Waals surface area contributed by atoms with Crippen LogP contribution in [0.15, 0.2) is 6.33 Å². The molecule has 1 aliphatic carbocycles. The highest BCUT2D eigenvalue weighted by molar-refractivity contribution is 7.19. The van der Waals surface area contributed by atoms with Crippen LogP contribution in [0.5, 0.6) is 0 Å². The molecule has 0 radical (unpaired) electrons. The molecular formula is C15H18N3O2S-. The summed E-state index contributed by atoms with van der Waals surface area (Å²) >= 11 is 1.70. The molecule has 1 atom stereocenters. The average Bonchev–Trinajstić information content (AvgIpc) is 2.83. The van der Waals surface area contributed by atoms with Crippen molar-refractivity contribution in [1.82, 2.24) is 9.97 Å². The number of carbonyl (C=O) groups is 1. The molecule has 0 saturated heterocycles. The van der Waals surface area contributed by atoms with E-state index in [1.807, 2.05) is 13.8 Å². The van der Waals surface area contributed by atoms with Gasteiger partial charge in [-0.25, -0.2) is 9.97 Å². The first kappa shape index (κ1) is 14.3. The maximum absolute atomic E-state index is 11.3. The number of thiophene rings is 1. The molecule has 0 bridgehead atoms. The Morgan fingerprint density at radius 3 is 2.81 bits per heavy atom. The highest BCUT2D eigenvalue weighted by Crippen LogP contribution is 2.38. The molecule has 0 fully saturated rings. The minimum absolute atomic E-state index is 0.0746. The van der Waals surface area contributed by atoms with Crippen LogP contribution in [-0.2, 0) is 17.6 Å². The molecule has 5 nitrogen and oxygen atoms in total. The minimum atomic E-state index is -1.10. The number of carboxylic acids is 1. The van der Waals surface area contributed by atoms with E-state index in [-0.39, 0.29) is 5.92 Å². The number of nitrogens with one attached hydrogen (secondary N) is 1. The summed E-state index contributed by atoms with van der Waals surface area (Å²) in [6.45, 7) is 3.71. The first-order chi connectivity index (χ1) is 10.1. The summed E-state index contributed by atoms with van der Waals surface area (Å²) in [5.41, 5.74) is 1.30. The predicted molar refractivity (Wildman–Crippen MR) is 81.3 cm³/mol. The number of carboxylic acid groups (broad SMARTS) is 1. The Labute approximate surface area is 127 Å². The first-order valence-corrected chi connectivity index (χ1v) is 8.12. The van der Waals surface area contributed by atoms with Gasteiger partial charge in [-0.2, -0.15) is 0 Å². The third-order valence-electron chi connectivity index (χ3n) is 3.96. The van der Waals surface area contributed by atoms with E-state index in [0.717, 1.165) is 23.1 Å². The highest BCUT2D eigenvalue weighted by atomic mass is 32.1.